The Balaban J connectivity index is 2.14. The lowest BCUT2D eigenvalue weighted by atomic mass is 10.0. The molecule has 1 fully saturated rings. The van der Waals surface area contributed by atoms with Gasteiger partial charge in [0.1, 0.15) is 6.04 Å². The molecule has 5 heteroatoms. The van der Waals surface area contributed by atoms with Crippen molar-refractivity contribution in [3.8, 4) is 0 Å². The van der Waals surface area contributed by atoms with Crippen molar-refractivity contribution in [3.63, 3.8) is 0 Å². The summed E-state index contributed by atoms with van der Waals surface area (Å²) < 4.78 is 5.16. The van der Waals surface area contributed by atoms with Gasteiger partial charge in [0.25, 0.3) is 0 Å². The molecule has 0 aromatic carbocycles. The van der Waals surface area contributed by atoms with E-state index in [4.69, 9.17) is 4.74 Å². The van der Waals surface area contributed by atoms with Crippen molar-refractivity contribution >= 4 is 22.4 Å². The number of anilines is 1. The number of piperidine rings is 1. The highest BCUT2D eigenvalue weighted by Crippen LogP contribution is 2.28. The summed E-state index contributed by atoms with van der Waals surface area (Å²) in [4.78, 5) is 18.7. The zero-order chi connectivity index (χ0) is 13.0. The highest BCUT2D eigenvalue weighted by molar-refractivity contribution is 7.13. The average Bonchev–Trinajstić information content (AvgIpc) is 2.87. The van der Waals surface area contributed by atoms with Crippen LogP contribution in [-0.2, 0) is 16.0 Å². The van der Waals surface area contributed by atoms with Crippen LogP contribution in [0.2, 0.25) is 0 Å². The van der Waals surface area contributed by atoms with E-state index in [0.29, 0.717) is 6.61 Å². The van der Waals surface area contributed by atoms with Gasteiger partial charge in [-0.25, -0.2) is 9.78 Å². The molecule has 0 saturated carbocycles. The van der Waals surface area contributed by atoms with E-state index in [1.165, 1.54) is 0 Å². The fourth-order valence-electron chi connectivity index (χ4n) is 2.23. The number of aromatic nitrogens is 1. The quantitative estimate of drug-likeness (QED) is 0.787. The van der Waals surface area contributed by atoms with Crippen molar-refractivity contribution in [2.45, 2.75) is 45.6 Å². The number of aryl methyl sites for hydroxylation is 1. The Morgan fingerprint density at radius 1 is 1.56 bits per heavy atom. The van der Waals surface area contributed by atoms with Crippen molar-refractivity contribution in [3.05, 3.63) is 11.1 Å². The number of nitrogens with zero attached hydrogens (tertiary/aromatic N) is 2. The van der Waals surface area contributed by atoms with Crippen LogP contribution in [0, 0.1) is 0 Å². The first-order valence-electron chi connectivity index (χ1n) is 6.64. The fraction of sp³-hybridized carbons (Fsp3) is 0.692. The van der Waals surface area contributed by atoms with Crippen LogP contribution in [0.15, 0.2) is 5.38 Å². The molecule has 1 aliphatic heterocycles. The summed E-state index contributed by atoms with van der Waals surface area (Å²) in [6.07, 6.45) is 4.03. The van der Waals surface area contributed by atoms with Gasteiger partial charge in [-0.05, 0) is 32.6 Å². The highest BCUT2D eigenvalue weighted by Gasteiger charge is 2.31. The smallest absolute Gasteiger partial charge is 0.328 e. The second-order valence-electron chi connectivity index (χ2n) is 4.43. The predicted octanol–water partition coefficient (Wildman–Crippen LogP) is 2.63. The molecule has 0 spiro atoms. The normalized spacial score (nSPS) is 19.9. The topological polar surface area (TPSA) is 42.4 Å². The molecule has 1 aromatic rings. The van der Waals surface area contributed by atoms with Gasteiger partial charge in [-0.2, -0.15) is 0 Å². The van der Waals surface area contributed by atoms with Crippen LogP contribution in [0.3, 0.4) is 0 Å². The molecule has 4 nitrogen and oxygen atoms in total. The van der Waals surface area contributed by atoms with Gasteiger partial charge in [0.2, 0.25) is 0 Å². The number of ether oxygens (including phenoxy) is 1. The van der Waals surface area contributed by atoms with E-state index in [1.54, 1.807) is 11.3 Å². The number of rotatable bonds is 4. The zero-order valence-corrected chi connectivity index (χ0v) is 11.8. The van der Waals surface area contributed by atoms with Gasteiger partial charge in [0.05, 0.1) is 12.3 Å². The van der Waals surface area contributed by atoms with Gasteiger partial charge in [-0.3, -0.25) is 0 Å². The number of hydrogen-bond donors (Lipinski definition) is 0. The molecular formula is C13H20N2O2S. The van der Waals surface area contributed by atoms with Crippen molar-refractivity contribution in [2.75, 3.05) is 18.1 Å². The minimum Gasteiger partial charge on any atom is -0.464 e. The van der Waals surface area contributed by atoms with Crippen molar-refractivity contribution in [1.29, 1.82) is 0 Å². The summed E-state index contributed by atoms with van der Waals surface area (Å²) in [5, 5.41) is 3.04. The summed E-state index contributed by atoms with van der Waals surface area (Å²) in [5.74, 6) is -0.106. The Labute approximate surface area is 112 Å². The van der Waals surface area contributed by atoms with Gasteiger partial charge in [-0.15, -0.1) is 11.3 Å². The standard InChI is InChI=1S/C13H20N2O2S/c1-3-10-9-18-13(14-10)15-8-6-5-7-11(15)12(16)17-4-2/h9,11H,3-8H2,1-2H3. The van der Waals surface area contributed by atoms with E-state index in [2.05, 4.69) is 22.2 Å². The van der Waals surface area contributed by atoms with Crippen molar-refractivity contribution in [1.82, 2.24) is 4.98 Å². The summed E-state index contributed by atoms with van der Waals surface area (Å²) >= 11 is 1.63. The lowest BCUT2D eigenvalue weighted by Crippen LogP contribution is -2.45. The Kier molecular flexibility index (Phi) is 4.58. The van der Waals surface area contributed by atoms with Crippen LogP contribution in [0.5, 0.6) is 0 Å². The molecule has 2 rings (SSSR count). The summed E-state index contributed by atoms with van der Waals surface area (Å²) in [5.41, 5.74) is 1.10. The molecule has 1 aliphatic rings. The SMILES string of the molecule is CCOC(=O)C1CCCCN1c1nc(CC)cs1. The van der Waals surface area contributed by atoms with E-state index in [1.807, 2.05) is 6.92 Å². The first-order valence-corrected chi connectivity index (χ1v) is 7.52. The molecule has 1 aromatic heterocycles. The number of carbonyl (C=O) groups is 1. The third kappa shape index (κ3) is 2.83. The van der Waals surface area contributed by atoms with Gasteiger partial charge in [-0.1, -0.05) is 6.92 Å². The molecule has 0 bridgehead atoms. The van der Waals surface area contributed by atoms with Gasteiger partial charge < -0.3 is 9.64 Å². The molecule has 18 heavy (non-hydrogen) atoms. The largest absolute Gasteiger partial charge is 0.464 e. The van der Waals surface area contributed by atoms with Crippen LogP contribution < -0.4 is 4.90 Å². The molecule has 1 saturated heterocycles. The Morgan fingerprint density at radius 2 is 2.39 bits per heavy atom. The highest BCUT2D eigenvalue weighted by atomic mass is 32.1. The molecular weight excluding hydrogens is 248 g/mol. The predicted molar refractivity (Wildman–Crippen MR) is 73.1 cm³/mol. The zero-order valence-electron chi connectivity index (χ0n) is 11.0. The lowest BCUT2D eigenvalue weighted by molar-refractivity contribution is -0.145. The number of hydrogen-bond acceptors (Lipinski definition) is 5. The van der Waals surface area contributed by atoms with E-state index in [9.17, 15) is 4.79 Å². The van der Waals surface area contributed by atoms with Crippen LogP contribution in [0.1, 0.15) is 38.8 Å². The Bertz CT molecular complexity index is 405. The van der Waals surface area contributed by atoms with E-state index < -0.39 is 0 Å². The maximum absolute atomic E-state index is 12.0. The number of thiazole rings is 1. The maximum Gasteiger partial charge on any atom is 0.328 e. The molecule has 2 heterocycles. The van der Waals surface area contributed by atoms with Crippen LogP contribution in [0.4, 0.5) is 5.13 Å². The lowest BCUT2D eigenvalue weighted by Gasteiger charge is -2.33. The maximum atomic E-state index is 12.0. The minimum absolute atomic E-state index is 0.106. The molecule has 1 atom stereocenters. The molecule has 0 aliphatic carbocycles. The molecule has 0 radical (unpaired) electrons. The third-order valence-electron chi connectivity index (χ3n) is 3.21. The summed E-state index contributed by atoms with van der Waals surface area (Å²) in [6, 6.07) is -0.144. The fourth-order valence-corrected chi connectivity index (χ4v) is 3.22. The Morgan fingerprint density at radius 3 is 3.06 bits per heavy atom. The van der Waals surface area contributed by atoms with Gasteiger partial charge >= 0.3 is 5.97 Å². The minimum atomic E-state index is -0.144. The molecule has 100 valence electrons. The first kappa shape index (κ1) is 13.3. The molecule has 0 amide bonds. The van der Waals surface area contributed by atoms with Crippen molar-refractivity contribution in [2.24, 2.45) is 0 Å². The van der Waals surface area contributed by atoms with E-state index >= 15 is 0 Å². The number of esters is 1. The van der Waals surface area contributed by atoms with E-state index in [-0.39, 0.29) is 12.0 Å². The average molecular weight is 268 g/mol. The molecule has 1 unspecified atom stereocenters. The second-order valence-corrected chi connectivity index (χ2v) is 5.27. The first-order chi connectivity index (χ1) is 8.76. The van der Waals surface area contributed by atoms with Gasteiger partial charge in [0, 0.05) is 11.9 Å². The van der Waals surface area contributed by atoms with Gasteiger partial charge in [0.15, 0.2) is 5.13 Å². The summed E-state index contributed by atoms with van der Waals surface area (Å²) in [6.45, 7) is 5.29. The monoisotopic (exact) mass is 268 g/mol. The van der Waals surface area contributed by atoms with Crippen LogP contribution in [-0.4, -0.2) is 30.1 Å². The second kappa shape index (κ2) is 6.18. The van der Waals surface area contributed by atoms with Crippen LogP contribution in [0.25, 0.3) is 0 Å². The summed E-state index contributed by atoms with van der Waals surface area (Å²) in [7, 11) is 0. The van der Waals surface area contributed by atoms with Crippen LogP contribution >= 0.6 is 11.3 Å². The van der Waals surface area contributed by atoms with Crippen molar-refractivity contribution < 1.29 is 9.53 Å². The Hall–Kier alpha value is -1.10. The van der Waals surface area contributed by atoms with E-state index in [0.717, 1.165) is 43.1 Å². The third-order valence-corrected chi connectivity index (χ3v) is 4.14. The number of carbonyl (C=O) groups excluding carboxylic acids is 1. The molecule has 0 N–H and O–H groups in total.